The van der Waals surface area contributed by atoms with Gasteiger partial charge in [0.25, 0.3) is 11.8 Å². The van der Waals surface area contributed by atoms with Gasteiger partial charge >= 0.3 is 24.4 Å². The van der Waals surface area contributed by atoms with Crippen LogP contribution in [0.5, 0.6) is 11.5 Å². The number of benzene rings is 4. The number of carbonyl (C=O) groups excluding carboxylic acids is 6. The Hall–Kier alpha value is -8.54. The minimum Gasteiger partial charge on any atom is -0.495 e. The molecule has 0 saturated carbocycles. The van der Waals surface area contributed by atoms with Gasteiger partial charge in [-0.25, -0.2) is 19.2 Å². The highest BCUT2D eigenvalue weighted by atomic mass is 33.1. The van der Waals surface area contributed by atoms with E-state index in [-0.39, 0.29) is 37.2 Å². The van der Waals surface area contributed by atoms with E-state index in [1.807, 2.05) is 102 Å². The zero-order chi connectivity index (χ0) is 69.1. The molecule has 24 nitrogen and oxygen atoms in total. The molecule has 2 unspecified atom stereocenters. The van der Waals surface area contributed by atoms with Crippen molar-refractivity contribution in [1.82, 2.24) is 39.5 Å². The Morgan fingerprint density at radius 3 is 1.18 bits per heavy atom. The second-order valence-electron chi connectivity index (χ2n) is 25.3. The van der Waals surface area contributed by atoms with Crippen LogP contribution < -0.4 is 20.1 Å². The van der Waals surface area contributed by atoms with Crippen molar-refractivity contribution < 1.29 is 66.7 Å². The number of ether oxygens (including phenoxy) is 8. The smallest absolute Gasteiger partial charge is 0.411 e. The molecule has 516 valence electrons. The number of amides is 6. The highest BCUT2D eigenvalue weighted by Gasteiger charge is 2.33. The molecule has 4 aliphatic heterocycles. The monoisotopic (exact) mass is 1410 g/mol. The molecule has 4 aromatic heterocycles. The molecule has 2 atom stereocenters. The lowest BCUT2D eigenvalue weighted by molar-refractivity contribution is 0.0136. The number of rotatable bonds is 16. The number of piperazine rings is 2. The van der Waals surface area contributed by atoms with Crippen LogP contribution in [-0.2, 0) is 28.4 Å². The lowest BCUT2D eigenvalue weighted by atomic mass is 10.1. The highest BCUT2D eigenvalue weighted by Crippen LogP contribution is 2.51. The fourth-order valence-electron chi connectivity index (χ4n) is 11.4. The normalized spacial score (nSPS) is 16.5. The van der Waals surface area contributed by atoms with E-state index in [9.17, 15) is 28.8 Å². The summed E-state index contributed by atoms with van der Waals surface area (Å²) in [5, 5.41) is 8.64. The first-order valence-electron chi connectivity index (χ1n) is 32.2. The topological polar surface area (TPSA) is 265 Å². The molecular formula is C70H78N10O14S4. The minimum absolute atomic E-state index is 0.0362. The van der Waals surface area contributed by atoms with Crippen LogP contribution in [0.15, 0.2) is 129 Å². The lowest BCUT2D eigenvalue weighted by Gasteiger charge is -2.35. The molecule has 0 radical (unpaired) electrons. The van der Waals surface area contributed by atoms with E-state index < -0.39 is 35.6 Å². The van der Waals surface area contributed by atoms with Crippen molar-refractivity contribution in [3.8, 4) is 11.5 Å². The summed E-state index contributed by atoms with van der Waals surface area (Å²) in [5.74, 6) is 0.575. The van der Waals surface area contributed by atoms with Crippen molar-refractivity contribution in [3.63, 3.8) is 0 Å². The molecule has 0 bridgehead atoms. The molecule has 0 aliphatic carbocycles. The van der Waals surface area contributed by atoms with E-state index in [2.05, 4.69) is 20.6 Å². The summed E-state index contributed by atoms with van der Waals surface area (Å²) in [7, 11) is 8.98. The molecule has 4 aliphatic rings. The number of nitrogens with zero attached hydrogens (tertiary/aromatic N) is 8. The number of pyridine rings is 4. The summed E-state index contributed by atoms with van der Waals surface area (Å²) < 4.78 is 44.6. The van der Waals surface area contributed by atoms with Gasteiger partial charge in [-0.2, -0.15) is 0 Å². The first-order chi connectivity index (χ1) is 47.2. The Kier molecular flexibility index (Phi) is 23.1. The summed E-state index contributed by atoms with van der Waals surface area (Å²) >= 11 is 0. The van der Waals surface area contributed by atoms with Crippen LogP contribution in [0.1, 0.15) is 87.9 Å². The van der Waals surface area contributed by atoms with Crippen LogP contribution in [0.25, 0.3) is 43.6 Å². The van der Waals surface area contributed by atoms with Crippen LogP contribution in [-0.4, -0.2) is 192 Å². The van der Waals surface area contributed by atoms with Crippen LogP contribution in [0.3, 0.4) is 0 Å². The Bertz CT molecular complexity index is 3980. The number of hydrogen-bond acceptors (Lipinski definition) is 22. The van der Waals surface area contributed by atoms with Gasteiger partial charge in [0.1, 0.15) is 35.9 Å². The van der Waals surface area contributed by atoms with Gasteiger partial charge in [0.15, 0.2) is 0 Å². The van der Waals surface area contributed by atoms with Gasteiger partial charge in [-0.05, 0) is 162 Å². The van der Waals surface area contributed by atoms with Crippen LogP contribution in [0, 0.1) is 0 Å². The Morgan fingerprint density at radius 2 is 0.837 bits per heavy atom. The van der Waals surface area contributed by atoms with Gasteiger partial charge in [0, 0.05) is 122 Å². The van der Waals surface area contributed by atoms with E-state index in [1.54, 1.807) is 104 Å². The van der Waals surface area contributed by atoms with Crippen molar-refractivity contribution in [2.24, 2.45) is 0 Å². The summed E-state index contributed by atoms with van der Waals surface area (Å²) in [6.45, 7) is 15.7. The largest absolute Gasteiger partial charge is 0.495 e. The van der Waals surface area contributed by atoms with Crippen LogP contribution in [0.2, 0.25) is 0 Å². The molecule has 0 spiro atoms. The van der Waals surface area contributed by atoms with Crippen molar-refractivity contribution in [2.75, 3.05) is 104 Å². The molecule has 12 rings (SSSR count). The van der Waals surface area contributed by atoms with E-state index in [4.69, 9.17) is 47.9 Å². The fraction of sp³-hybridized carbons (Fsp3) is 0.400. The number of aromatic nitrogens is 4. The molecule has 8 heterocycles. The number of anilines is 2. The zero-order valence-corrected chi connectivity index (χ0v) is 59.1. The molecule has 4 aromatic carbocycles. The second-order valence-corrected chi connectivity index (χ2v) is 29.7. The van der Waals surface area contributed by atoms with E-state index in [0.717, 1.165) is 57.3 Å². The summed E-state index contributed by atoms with van der Waals surface area (Å²) in [4.78, 5) is 107. The van der Waals surface area contributed by atoms with Crippen molar-refractivity contribution >= 4 is 134 Å². The van der Waals surface area contributed by atoms with Crippen molar-refractivity contribution in [2.45, 2.75) is 110 Å². The third-order valence-electron chi connectivity index (χ3n) is 16.2. The molecule has 2 N–H and O–H groups in total. The maximum atomic E-state index is 14.0. The van der Waals surface area contributed by atoms with Gasteiger partial charge in [0.05, 0.1) is 80.8 Å². The van der Waals surface area contributed by atoms with E-state index in [1.165, 1.54) is 21.6 Å². The van der Waals surface area contributed by atoms with Crippen molar-refractivity contribution in [3.05, 3.63) is 121 Å². The van der Waals surface area contributed by atoms with E-state index in [0.29, 0.717) is 131 Å². The molecule has 98 heavy (non-hydrogen) atoms. The number of methoxy groups -OCH3 is 2. The quantitative estimate of drug-likeness (QED) is 0.0672. The standard InChI is InChI=1S/C40H48N6O8S2.C30H30N4O6S2/c1-39(2,3)53-37(49)45-19-15-43(16-20-45)35(47)27-23-29(51-7)33(31-25(27)11-9-13-41-31)55-56-34-30(52-8)24-28(26-12-10-14-42-32(26)34)36(48)44-17-21-46(22-18-44)38(50)54-40(4,5)6;35-29(39-17-19-5-3-15-37-19)33-23-9-11-25(27-21(23)7-1-13-31-27)41-42-26-12-10-24(22-8-2-14-32-28(22)26)34-30(36)40-18-20-6-4-16-38-20/h9-14,23-24H,15-22H2,1-8H3;1-2,7-14,19-20H,3-6,15-18H2,(H,33,35)(H,34,36). The predicted molar refractivity (Wildman–Crippen MR) is 379 cm³/mol. The molecule has 4 fully saturated rings. The maximum absolute atomic E-state index is 14.0. The zero-order valence-electron chi connectivity index (χ0n) is 55.8. The molecular weight excluding hydrogens is 1330 g/mol. The van der Waals surface area contributed by atoms with Gasteiger partial charge in [-0.1, -0.05) is 33.7 Å². The van der Waals surface area contributed by atoms with E-state index >= 15 is 0 Å². The van der Waals surface area contributed by atoms with Crippen LogP contribution in [0.4, 0.5) is 30.6 Å². The number of nitrogens with one attached hydrogen (secondary N) is 2. The Labute approximate surface area is 583 Å². The lowest BCUT2D eigenvalue weighted by Crippen LogP contribution is -2.51. The average Bonchev–Trinajstić information content (AvgIpc) is 0.816. The third kappa shape index (κ3) is 17.5. The molecule has 8 aromatic rings. The predicted octanol–water partition coefficient (Wildman–Crippen LogP) is 14.0. The number of fused-ring (bicyclic) bond motifs is 4. The summed E-state index contributed by atoms with van der Waals surface area (Å²) in [5.41, 5.74) is 3.64. The van der Waals surface area contributed by atoms with Gasteiger partial charge in [-0.15, -0.1) is 0 Å². The third-order valence-corrected chi connectivity index (χ3v) is 21.1. The Morgan fingerprint density at radius 1 is 0.480 bits per heavy atom. The second kappa shape index (κ2) is 32.0. The van der Waals surface area contributed by atoms with Crippen molar-refractivity contribution in [1.29, 1.82) is 0 Å². The number of carbonyl (C=O) groups is 6. The Balaban J connectivity index is 0.000000206. The minimum atomic E-state index is -0.606. The highest BCUT2D eigenvalue weighted by molar-refractivity contribution is 8.77. The molecule has 4 saturated heterocycles. The SMILES string of the molecule is COc1cc(C(=O)N2CCN(C(=O)OC(C)(C)C)CC2)c2cccnc2c1SSc1c(OC)cc(C(=O)N2CCN(C(=O)OC(C)(C)C)CC2)c2cccnc12.O=C(Nc1ccc(SSc2ccc(NC(=O)OCC3CCCO3)c3cccnc23)c2ncccc12)OCC1CCCO1. The average molecular weight is 1410 g/mol. The molecule has 28 heteroatoms. The van der Waals surface area contributed by atoms with Crippen LogP contribution >= 0.6 is 43.2 Å². The fourth-order valence-corrected chi connectivity index (χ4v) is 16.2. The summed E-state index contributed by atoms with van der Waals surface area (Å²) in [6, 6.07) is 25.9. The summed E-state index contributed by atoms with van der Waals surface area (Å²) in [6.07, 6.45) is 8.68. The van der Waals surface area contributed by atoms with Gasteiger partial charge in [0.2, 0.25) is 0 Å². The number of hydrogen-bond donors (Lipinski definition) is 2. The first kappa shape index (κ1) is 70.8. The molecule has 6 amide bonds. The van der Waals surface area contributed by atoms with Gasteiger partial charge in [-0.3, -0.25) is 40.2 Å². The van der Waals surface area contributed by atoms with Gasteiger partial charge < -0.3 is 57.5 Å². The maximum Gasteiger partial charge on any atom is 0.411 e. The first-order valence-corrected chi connectivity index (χ1v) is 36.5.